The van der Waals surface area contributed by atoms with E-state index in [1.165, 1.54) is 11.3 Å². The van der Waals surface area contributed by atoms with Crippen molar-refractivity contribution in [1.82, 2.24) is 9.88 Å². The fourth-order valence-corrected chi connectivity index (χ4v) is 3.29. The lowest BCUT2D eigenvalue weighted by atomic mass is 10.2. The Morgan fingerprint density at radius 2 is 2.05 bits per heavy atom. The van der Waals surface area contributed by atoms with E-state index in [1.54, 1.807) is 0 Å². The molecule has 0 amide bonds. The van der Waals surface area contributed by atoms with Crippen LogP contribution in [0.15, 0.2) is 0 Å². The van der Waals surface area contributed by atoms with Crippen LogP contribution in [0, 0.1) is 5.92 Å². The third-order valence-electron chi connectivity index (χ3n) is 3.47. The van der Waals surface area contributed by atoms with Gasteiger partial charge in [-0.25, -0.2) is 9.78 Å². The zero-order valence-corrected chi connectivity index (χ0v) is 14.1. The van der Waals surface area contributed by atoms with Crippen molar-refractivity contribution in [2.45, 2.75) is 32.6 Å². The second-order valence-electron chi connectivity index (χ2n) is 6.43. The van der Waals surface area contributed by atoms with Crippen LogP contribution in [0.2, 0.25) is 0 Å². The average Bonchev–Trinajstić information content (AvgIpc) is 3.12. The molecule has 1 aliphatic rings. The number of rotatable bonds is 8. The van der Waals surface area contributed by atoms with Crippen molar-refractivity contribution in [3.63, 3.8) is 0 Å². The third-order valence-corrected chi connectivity index (χ3v) is 4.59. The molecule has 0 radical (unpaired) electrons. The molecule has 1 aromatic rings. The van der Waals surface area contributed by atoms with Gasteiger partial charge in [-0.15, -0.1) is 0 Å². The van der Waals surface area contributed by atoms with Gasteiger partial charge in [-0.05, 0) is 32.9 Å². The summed E-state index contributed by atoms with van der Waals surface area (Å²) in [7, 11) is 4.10. The third kappa shape index (κ3) is 4.41. The highest BCUT2D eigenvalue weighted by atomic mass is 32.1. The molecule has 1 fully saturated rings. The van der Waals surface area contributed by atoms with Gasteiger partial charge in [0.05, 0.1) is 5.69 Å². The molecule has 5 nitrogen and oxygen atoms in total. The summed E-state index contributed by atoms with van der Waals surface area (Å²) in [5.74, 6) is 0.0577. The summed E-state index contributed by atoms with van der Waals surface area (Å²) >= 11 is 1.33. The molecule has 1 aliphatic carbocycles. The zero-order chi connectivity index (χ0) is 15.6. The number of carboxylic acids is 1. The SMILES string of the molecule is CC(C)CN(CCN(C)C)c1nc(C2CC2)c(C(=O)O)s1. The maximum atomic E-state index is 11.4. The molecule has 118 valence electrons. The molecule has 21 heavy (non-hydrogen) atoms. The van der Waals surface area contributed by atoms with Crippen molar-refractivity contribution < 1.29 is 9.90 Å². The summed E-state index contributed by atoms with van der Waals surface area (Å²) in [5.41, 5.74) is 0.807. The van der Waals surface area contributed by atoms with E-state index >= 15 is 0 Å². The number of thiazole rings is 1. The van der Waals surface area contributed by atoms with Crippen molar-refractivity contribution in [3.8, 4) is 0 Å². The smallest absolute Gasteiger partial charge is 0.347 e. The Labute approximate surface area is 130 Å². The van der Waals surface area contributed by atoms with Crippen molar-refractivity contribution >= 4 is 22.4 Å². The van der Waals surface area contributed by atoms with Crippen LogP contribution in [-0.4, -0.2) is 54.7 Å². The highest BCUT2D eigenvalue weighted by Gasteiger charge is 2.33. The molecule has 6 heteroatoms. The molecular weight excluding hydrogens is 286 g/mol. The first-order valence-corrected chi connectivity index (χ1v) is 8.33. The van der Waals surface area contributed by atoms with E-state index in [4.69, 9.17) is 0 Å². The van der Waals surface area contributed by atoms with Crippen LogP contribution in [0.5, 0.6) is 0 Å². The lowest BCUT2D eigenvalue weighted by Gasteiger charge is -2.25. The lowest BCUT2D eigenvalue weighted by Crippen LogP contribution is -2.34. The van der Waals surface area contributed by atoms with E-state index in [-0.39, 0.29) is 0 Å². The minimum Gasteiger partial charge on any atom is -0.477 e. The monoisotopic (exact) mass is 311 g/mol. The van der Waals surface area contributed by atoms with E-state index in [9.17, 15) is 9.90 Å². The van der Waals surface area contributed by atoms with Crippen LogP contribution in [0.3, 0.4) is 0 Å². The van der Waals surface area contributed by atoms with Crippen LogP contribution < -0.4 is 4.90 Å². The summed E-state index contributed by atoms with van der Waals surface area (Å²) in [6.07, 6.45) is 2.15. The van der Waals surface area contributed by atoms with Crippen LogP contribution in [0.4, 0.5) is 5.13 Å². The van der Waals surface area contributed by atoms with Gasteiger partial charge in [0.2, 0.25) is 0 Å². The Kier molecular flexibility index (Phi) is 5.22. The fraction of sp³-hybridized carbons (Fsp3) is 0.733. The molecule has 0 bridgehead atoms. The molecule has 0 aliphatic heterocycles. The van der Waals surface area contributed by atoms with Gasteiger partial charge in [0.25, 0.3) is 0 Å². The zero-order valence-electron chi connectivity index (χ0n) is 13.3. The number of carboxylic acid groups (broad SMARTS) is 1. The normalized spacial score (nSPS) is 15.0. The molecule has 0 atom stereocenters. The Bertz CT molecular complexity index is 495. The Morgan fingerprint density at radius 1 is 1.38 bits per heavy atom. The van der Waals surface area contributed by atoms with Gasteiger partial charge in [0.1, 0.15) is 4.88 Å². The molecule has 1 aromatic heterocycles. The molecule has 2 rings (SSSR count). The van der Waals surface area contributed by atoms with Gasteiger partial charge >= 0.3 is 5.97 Å². The van der Waals surface area contributed by atoms with E-state index in [0.29, 0.717) is 16.7 Å². The first-order valence-electron chi connectivity index (χ1n) is 7.52. The van der Waals surface area contributed by atoms with Crippen molar-refractivity contribution in [2.24, 2.45) is 5.92 Å². The van der Waals surface area contributed by atoms with Gasteiger partial charge in [-0.3, -0.25) is 0 Å². The number of hydrogen-bond acceptors (Lipinski definition) is 5. The fourth-order valence-electron chi connectivity index (χ4n) is 2.27. The second kappa shape index (κ2) is 6.75. The van der Waals surface area contributed by atoms with Gasteiger partial charge in [-0.2, -0.15) is 0 Å². The summed E-state index contributed by atoms with van der Waals surface area (Å²) in [4.78, 5) is 20.9. The highest BCUT2D eigenvalue weighted by Crippen LogP contribution is 2.44. The quantitative estimate of drug-likeness (QED) is 0.800. The first kappa shape index (κ1) is 16.2. The predicted molar refractivity (Wildman–Crippen MR) is 86.7 cm³/mol. The summed E-state index contributed by atoms with van der Waals surface area (Å²) in [6.45, 7) is 7.08. The number of hydrogen-bond donors (Lipinski definition) is 1. The van der Waals surface area contributed by atoms with Crippen molar-refractivity contribution in [1.29, 1.82) is 0 Å². The van der Waals surface area contributed by atoms with E-state index < -0.39 is 5.97 Å². The van der Waals surface area contributed by atoms with E-state index in [0.717, 1.165) is 43.3 Å². The Morgan fingerprint density at radius 3 is 2.52 bits per heavy atom. The van der Waals surface area contributed by atoms with E-state index in [2.05, 4.69) is 28.6 Å². The minimum atomic E-state index is -0.835. The molecular formula is C15H25N3O2S. The molecule has 1 heterocycles. The van der Waals surface area contributed by atoms with Crippen molar-refractivity contribution in [3.05, 3.63) is 10.6 Å². The van der Waals surface area contributed by atoms with Crippen LogP contribution in [0.25, 0.3) is 0 Å². The Hall–Kier alpha value is -1.14. The standard InChI is InChI=1S/C15H25N3O2S/c1-10(2)9-18(8-7-17(3)4)15-16-12(11-5-6-11)13(21-15)14(19)20/h10-11H,5-9H2,1-4H3,(H,19,20). The van der Waals surface area contributed by atoms with Gasteiger partial charge in [0, 0.05) is 25.6 Å². The number of likely N-dealkylation sites (N-methyl/N-ethyl adjacent to an activating group) is 1. The highest BCUT2D eigenvalue weighted by molar-refractivity contribution is 7.17. The molecule has 1 N–H and O–H groups in total. The maximum absolute atomic E-state index is 11.4. The van der Waals surface area contributed by atoms with Crippen LogP contribution >= 0.6 is 11.3 Å². The number of anilines is 1. The van der Waals surface area contributed by atoms with Gasteiger partial charge in [-0.1, -0.05) is 25.2 Å². The molecule has 0 saturated heterocycles. The number of carbonyl (C=O) groups is 1. The molecule has 0 aromatic carbocycles. The second-order valence-corrected chi connectivity index (χ2v) is 7.41. The number of aromatic nitrogens is 1. The van der Waals surface area contributed by atoms with Crippen LogP contribution in [-0.2, 0) is 0 Å². The topological polar surface area (TPSA) is 56.7 Å². The molecule has 0 unspecified atom stereocenters. The number of aromatic carboxylic acids is 1. The Balaban J connectivity index is 2.21. The molecule has 0 spiro atoms. The van der Waals surface area contributed by atoms with Gasteiger partial charge in [0.15, 0.2) is 5.13 Å². The number of nitrogens with zero attached hydrogens (tertiary/aromatic N) is 3. The summed E-state index contributed by atoms with van der Waals surface area (Å²) < 4.78 is 0. The van der Waals surface area contributed by atoms with E-state index in [1.807, 2.05) is 14.1 Å². The summed E-state index contributed by atoms with van der Waals surface area (Å²) in [6, 6.07) is 0. The minimum absolute atomic E-state index is 0.371. The van der Waals surface area contributed by atoms with Crippen LogP contribution in [0.1, 0.15) is 48.0 Å². The average molecular weight is 311 g/mol. The van der Waals surface area contributed by atoms with Crippen molar-refractivity contribution in [2.75, 3.05) is 38.6 Å². The largest absolute Gasteiger partial charge is 0.477 e. The lowest BCUT2D eigenvalue weighted by molar-refractivity contribution is 0.0700. The van der Waals surface area contributed by atoms with Gasteiger partial charge < -0.3 is 14.9 Å². The molecule has 1 saturated carbocycles. The predicted octanol–water partition coefficient (Wildman–Crippen LogP) is 2.74. The summed E-state index contributed by atoms with van der Waals surface area (Å²) in [5, 5.41) is 10.2. The first-order chi connectivity index (χ1) is 9.88. The maximum Gasteiger partial charge on any atom is 0.347 e.